The molecule has 0 spiro atoms. The first-order chi connectivity index (χ1) is 41.6. The van der Waals surface area contributed by atoms with Gasteiger partial charge in [-0.1, -0.05) is 316 Å². The van der Waals surface area contributed by atoms with Gasteiger partial charge in [0, 0.05) is 43.8 Å². The van der Waals surface area contributed by atoms with E-state index in [1.54, 1.807) is 0 Å². The number of fused-ring (bicyclic) bond motifs is 14. The molecule has 6 bridgehead atoms. The molecule has 10 rings (SSSR count). The van der Waals surface area contributed by atoms with E-state index >= 15 is 0 Å². The molecule has 6 heterocycles. The fourth-order valence-corrected chi connectivity index (χ4v) is 26.4. The summed E-state index contributed by atoms with van der Waals surface area (Å²) in [5, 5.41) is 3.88. The van der Waals surface area contributed by atoms with Gasteiger partial charge in [0.05, 0.1) is 0 Å². The van der Waals surface area contributed by atoms with Crippen LogP contribution in [0.1, 0.15) is 242 Å². The van der Waals surface area contributed by atoms with Crippen molar-refractivity contribution in [3.8, 4) is 0 Å². The molecule has 13 heteroatoms. The lowest BCUT2D eigenvalue weighted by molar-refractivity contribution is 0.332. The molecule has 0 radical (unpaired) electrons. The number of aliphatic imine (C=N–C) groups is 4. The van der Waals surface area contributed by atoms with Gasteiger partial charge in [-0.15, -0.1) is 0 Å². The van der Waals surface area contributed by atoms with E-state index in [1.165, 1.54) is 193 Å². The molecule has 0 unspecified atom stereocenters. The van der Waals surface area contributed by atoms with Crippen LogP contribution in [0.2, 0.25) is 38.3 Å². The average Bonchev–Trinajstić information content (AvgIpc) is 1.58. The molecule has 0 N–H and O–H groups in total. The highest BCUT2D eigenvalue weighted by molar-refractivity contribution is 6.88. The van der Waals surface area contributed by atoms with E-state index in [0.717, 1.165) is 91.3 Å². The van der Waals surface area contributed by atoms with Gasteiger partial charge in [0.15, 0.2) is 40.0 Å². The highest BCUT2D eigenvalue weighted by atomic mass is 28.5. The molecule has 0 aliphatic carbocycles. The molecule has 4 aliphatic rings. The third kappa shape index (κ3) is 15.6. The SMILES string of the molecule is CCCCCCCCCCCCCCCCCC[Si](C)(C)O[Si]1(O[Si](C)(C)CCCCCCCCCCCCCCCCCC)n2c3c4ccccc4c2N=C2N=C(N=c4c5ccccc5c(n41)=NC1=NC(=N3)c3ccccc31)c1ccccc12. The second-order valence-electron chi connectivity index (χ2n) is 26.5. The number of hydrogen-bond acceptors (Lipinski definition) is 8. The van der Waals surface area contributed by atoms with Crippen molar-refractivity contribution >= 4 is 82.0 Å². The number of amidine groups is 4. The third-order valence-corrected chi connectivity index (χ3v) is 30.0. The Morgan fingerprint density at radius 2 is 0.565 bits per heavy atom. The highest BCUT2D eigenvalue weighted by Crippen LogP contribution is 2.45. The molecule has 85 heavy (non-hydrogen) atoms. The van der Waals surface area contributed by atoms with Gasteiger partial charge < -0.3 is 8.23 Å². The van der Waals surface area contributed by atoms with Crippen molar-refractivity contribution in [2.45, 2.75) is 258 Å². The lowest BCUT2D eigenvalue weighted by atomic mass is 10.0. The largest absolute Gasteiger partial charge is 0.582 e. The Hall–Kier alpha value is -5.19. The molecule has 2 aromatic heterocycles. The van der Waals surface area contributed by atoms with Crippen LogP contribution in [0.5, 0.6) is 0 Å². The Morgan fingerprint density at radius 1 is 0.306 bits per heavy atom. The number of aromatic nitrogens is 2. The zero-order valence-electron chi connectivity index (χ0n) is 53.2. The predicted octanol–water partition coefficient (Wildman–Crippen LogP) is 20.3. The van der Waals surface area contributed by atoms with Crippen molar-refractivity contribution in [2.24, 2.45) is 30.0 Å². The molecule has 0 fully saturated rings. The van der Waals surface area contributed by atoms with Crippen molar-refractivity contribution in [3.63, 3.8) is 0 Å². The molecule has 0 amide bonds. The van der Waals surface area contributed by atoms with Gasteiger partial charge >= 0.3 is 8.88 Å². The summed E-state index contributed by atoms with van der Waals surface area (Å²) in [6.45, 7) is 14.4. The van der Waals surface area contributed by atoms with E-state index in [4.69, 9.17) is 38.2 Å². The molecule has 6 aromatic rings. The first kappa shape index (κ1) is 62.8. The van der Waals surface area contributed by atoms with E-state index in [9.17, 15) is 0 Å². The maximum absolute atomic E-state index is 8.57. The second-order valence-corrected chi connectivity index (χ2v) is 38.2. The first-order valence-electron chi connectivity index (χ1n) is 34.3. The van der Waals surface area contributed by atoms with Crippen LogP contribution in [0.3, 0.4) is 0 Å². The molecule has 0 atom stereocenters. The van der Waals surface area contributed by atoms with Gasteiger partial charge in [0.1, 0.15) is 22.6 Å². The minimum absolute atomic E-state index is 0.628. The van der Waals surface area contributed by atoms with E-state index in [0.29, 0.717) is 23.3 Å². The van der Waals surface area contributed by atoms with E-state index in [2.05, 4.69) is 146 Å². The molecule has 454 valence electrons. The number of nitrogens with zero attached hydrogens (tertiary/aromatic N) is 8. The molecule has 0 saturated carbocycles. The Labute approximate surface area is 513 Å². The van der Waals surface area contributed by atoms with Crippen molar-refractivity contribution in [3.05, 3.63) is 130 Å². The number of hydrogen-bond donors (Lipinski definition) is 0. The monoisotopic (exact) mass is 1190 g/mol. The topological polar surface area (TPSA) is 102 Å². The van der Waals surface area contributed by atoms with Gasteiger partial charge in [-0.2, -0.15) is 0 Å². The van der Waals surface area contributed by atoms with Crippen LogP contribution in [0, 0.1) is 0 Å². The Bertz CT molecular complexity index is 3230. The summed E-state index contributed by atoms with van der Waals surface area (Å²) in [5.41, 5.74) is 5.29. The van der Waals surface area contributed by atoms with Gasteiger partial charge in [-0.05, 0) is 38.3 Å². The molecule has 10 nitrogen and oxygen atoms in total. The van der Waals surface area contributed by atoms with Gasteiger partial charge in [0.2, 0.25) is 0 Å². The normalized spacial score (nSPS) is 14.8. The summed E-state index contributed by atoms with van der Waals surface area (Å²) < 4.78 is 21.9. The minimum atomic E-state index is -4.26. The summed E-state index contributed by atoms with van der Waals surface area (Å²) in [7, 11) is -9.66. The average molecular weight is 1200 g/mol. The summed E-state index contributed by atoms with van der Waals surface area (Å²) in [6.07, 6.45) is 43.1. The van der Waals surface area contributed by atoms with E-state index in [1.807, 2.05) is 0 Å². The molecular formula is C72H102N8O2Si3. The van der Waals surface area contributed by atoms with Gasteiger partial charge in [-0.25, -0.2) is 30.0 Å². The van der Waals surface area contributed by atoms with Crippen LogP contribution in [-0.2, 0) is 8.23 Å². The van der Waals surface area contributed by atoms with Crippen LogP contribution >= 0.6 is 0 Å². The minimum Gasteiger partial charge on any atom is -0.404 e. The third-order valence-electron chi connectivity index (χ3n) is 18.4. The molecule has 0 saturated heterocycles. The highest BCUT2D eigenvalue weighted by Gasteiger charge is 2.58. The zero-order valence-corrected chi connectivity index (χ0v) is 56.2. The quantitative estimate of drug-likeness (QED) is 0.0285. The van der Waals surface area contributed by atoms with Crippen molar-refractivity contribution in [2.75, 3.05) is 0 Å². The van der Waals surface area contributed by atoms with Crippen LogP contribution in [0.15, 0.2) is 127 Å². The fraction of sp³-hybridized carbons (Fsp3) is 0.556. The van der Waals surface area contributed by atoms with Crippen molar-refractivity contribution in [1.82, 2.24) is 8.47 Å². The molecule has 4 aromatic carbocycles. The maximum atomic E-state index is 8.57. The van der Waals surface area contributed by atoms with Crippen molar-refractivity contribution < 1.29 is 8.23 Å². The Morgan fingerprint density at radius 3 is 0.871 bits per heavy atom. The number of benzene rings is 4. The van der Waals surface area contributed by atoms with Crippen LogP contribution in [-0.4, -0.2) is 57.3 Å². The lowest BCUT2D eigenvalue weighted by Crippen LogP contribution is -2.70. The van der Waals surface area contributed by atoms with E-state index in [-0.39, 0.29) is 0 Å². The van der Waals surface area contributed by atoms with Crippen molar-refractivity contribution in [1.29, 1.82) is 0 Å². The molecular weight excluding hydrogens is 1090 g/mol. The maximum Gasteiger partial charge on any atom is 0.582 e. The van der Waals surface area contributed by atoms with E-state index < -0.39 is 25.5 Å². The van der Waals surface area contributed by atoms with Crippen LogP contribution in [0.4, 0.5) is 11.6 Å². The lowest BCUT2D eigenvalue weighted by Gasteiger charge is -2.43. The predicted molar refractivity (Wildman–Crippen MR) is 367 cm³/mol. The summed E-state index contributed by atoms with van der Waals surface area (Å²) in [6, 6.07) is 36.1. The van der Waals surface area contributed by atoms with Crippen LogP contribution in [0.25, 0.3) is 21.5 Å². The van der Waals surface area contributed by atoms with Crippen LogP contribution < -0.4 is 11.0 Å². The second kappa shape index (κ2) is 30.6. The van der Waals surface area contributed by atoms with Gasteiger partial charge in [0.25, 0.3) is 0 Å². The summed E-state index contributed by atoms with van der Waals surface area (Å²) >= 11 is 0. The molecule has 4 aliphatic heterocycles. The van der Waals surface area contributed by atoms with Gasteiger partial charge in [-0.3, -0.25) is 8.47 Å². The Balaban J connectivity index is 0.984. The smallest absolute Gasteiger partial charge is 0.404 e. The number of unbranched alkanes of at least 4 members (excludes halogenated alkanes) is 30. The Kier molecular flexibility index (Phi) is 22.6. The number of rotatable bonds is 38. The zero-order chi connectivity index (χ0) is 58.9. The first-order valence-corrected chi connectivity index (χ1v) is 42.2. The summed E-state index contributed by atoms with van der Waals surface area (Å²) in [5.74, 6) is 3.99. The fourth-order valence-electron chi connectivity index (χ4n) is 13.7. The standard InChI is InChI=1S/C72H102N8O2Si3/c1-7-9-11-13-15-17-19-21-23-25-27-29-31-33-35-45-55-83(3,4)81-85(82-84(5,6)56-46-36-34-32-30-28-26-24-22-20-18-16-14-12-10-8-2)79-69-61-51-41-42-52-62(61)71(79)77-67-59-49-39-40-50-60(59)68(74-67)78-72-64-54-44-43-53-63(64)70(80(72)85)76-66-58-48-38-37-47-57(58)65(73-66)75-69/h37-44,47-54H,7-36,45-46,55-56H2,1-6H3. The summed E-state index contributed by atoms with van der Waals surface area (Å²) in [4.78, 5) is 33.8.